The first-order chi connectivity index (χ1) is 9.31. The molecule has 0 aliphatic rings. The molecular weight excluding hydrogens is 366 g/mol. The molecule has 1 nitrogen and oxygen atoms in total. The Labute approximate surface area is 135 Å². The monoisotopic (exact) mass is 376 g/mol. The Morgan fingerprint density at radius 1 is 1.20 bits per heavy atom. The molecule has 1 atom stereocenters. The molecule has 20 heavy (non-hydrogen) atoms. The van der Waals surface area contributed by atoms with Gasteiger partial charge in [0.2, 0.25) is 0 Å². The molecule has 0 saturated carbocycles. The van der Waals surface area contributed by atoms with Gasteiger partial charge in [0, 0.05) is 21.5 Å². The van der Waals surface area contributed by atoms with Crippen LogP contribution in [0.25, 0.3) is 0 Å². The predicted molar refractivity (Wildman–Crippen MR) is 83.8 cm³/mol. The minimum absolute atomic E-state index is 0.0598. The fourth-order valence-electron chi connectivity index (χ4n) is 2.04. The Morgan fingerprint density at radius 3 is 2.50 bits per heavy atom. The van der Waals surface area contributed by atoms with E-state index in [1.54, 1.807) is 6.92 Å². The average Bonchev–Trinajstić information content (AvgIpc) is 2.36. The molecule has 0 amide bonds. The van der Waals surface area contributed by atoms with Crippen molar-refractivity contribution in [2.75, 3.05) is 0 Å². The Balaban J connectivity index is 2.40. The molecule has 0 aliphatic carbocycles. The maximum Gasteiger partial charge on any atom is 0.142 e. The van der Waals surface area contributed by atoms with Gasteiger partial charge in [0.05, 0.1) is 10.6 Å². The zero-order valence-corrected chi connectivity index (χ0v) is 13.7. The van der Waals surface area contributed by atoms with Crippen LogP contribution in [0.1, 0.15) is 18.1 Å². The lowest BCUT2D eigenvalue weighted by atomic mass is 9.89. The SMILES string of the molecule is CC(O)(Cc1ccccc1Br)c1cc(F)c(Cl)cc1Cl. The second-order valence-electron chi connectivity index (χ2n) is 4.79. The first kappa shape index (κ1) is 15.8. The third-order valence-corrected chi connectivity index (χ3v) is 4.46. The van der Waals surface area contributed by atoms with Crippen LogP contribution >= 0.6 is 39.1 Å². The molecule has 0 bridgehead atoms. The zero-order chi connectivity index (χ0) is 14.9. The summed E-state index contributed by atoms with van der Waals surface area (Å²) in [7, 11) is 0. The topological polar surface area (TPSA) is 20.2 Å². The van der Waals surface area contributed by atoms with Crippen molar-refractivity contribution in [3.05, 3.63) is 67.9 Å². The van der Waals surface area contributed by atoms with Crippen LogP contribution in [0.4, 0.5) is 4.39 Å². The summed E-state index contributed by atoms with van der Waals surface area (Å²) in [6.07, 6.45) is 0.301. The highest BCUT2D eigenvalue weighted by Gasteiger charge is 2.28. The summed E-state index contributed by atoms with van der Waals surface area (Å²) in [4.78, 5) is 0. The van der Waals surface area contributed by atoms with Crippen molar-refractivity contribution in [3.63, 3.8) is 0 Å². The molecule has 0 spiro atoms. The van der Waals surface area contributed by atoms with Crippen molar-refractivity contribution < 1.29 is 9.50 Å². The lowest BCUT2D eigenvalue weighted by molar-refractivity contribution is 0.0572. The minimum atomic E-state index is -1.30. The quantitative estimate of drug-likeness (QED) is 0.715. The number of benzene rings is 2. The Kier molecular flexibility index (Phi) is 4.75. The highest BCUT2D eigenvalue weighted by molar-refractivity contribution is 9.10. The summed E-state index contributed by atoms with van der Waals surface area (Å²) in [6, 6.07) is 10.0. The van der Waals surface area contributed by atoms with E-state index in [1.807, 2.05) is 24.3 Å². The molecule has 0 radical (unpaired) electrons. The summed E-state index contributed by atoms with van der Waals surface area (Å²) >= 11 is 15.2. The van der Waals surface area contributed by atoms with Gasteiger partial charge in [-0.1, -0.05) is 57.3 Å². The van der Waals surface area contributed by atoms with E-state index in [-0.39, 0.29) is 10.0 Å². The fraction of sp³-hybridized carbons (Fsp3) is 0.200. The predicted octanol–water partition coefficient (Wildman–Crippen LogP) is 5.35. The van der Waals surface area contributed by atoms with Gasteiger partial charge in [0.1, 0.15) is 5.82 Å². The van der Waals surface area contributed by atoms with Crippen LogP contribution in [0.2, 0.25) is 10.0 Å². The molecule has 0 aliphatic heterocycles. The van der Waals surface area contributed by atoms with Gasteiger partial charge in [-0.3, -0.25) is 0 Å². The maximum absolute atomic E-state index is 13.6. The lowest BCUT2D eigenvalue weighted by Gasteiger charge is -2.26. The van der Waals surface area contributed by atoms with Crippen LogP contribution in [0, 0.1) is 5.82 Å². The van der Waals surface area contributed by atoms with E-state index in [0.717, 1.165) is 10.0 Å². The van der Waals surface area contributed by atoms with Crippen LogP contribution in [0.3, 0.4) is 0 Å². The van der Waals surface area contributed by atoms with Crippen LogP contribution in [-0.4, -0.2) is 5.11 Å². The maximum atomic E-state index is 13.6. The van der Waals surface area contributed by atoms with Crippen LogP contribution in [0.5, 0.6) is 0 Å². The van der Waals surface area contributed by atoms with Crippen molar-refractivity contribution in [2.24, 2.45) is 0 Å². The van der Waals surface area contributed by atoms with Crippen LogP contribution in [0.15, 0.2) is 40.9 Å². The summed E-state index contributed by atoms with van der Waals surface area (Å²) in [6.45, 7) is 1.60. The molecule has 5 heteroatoms. The van der Waals surface area contributed by atoms with Crippen molar-refractivity contribution in [1.82, 2.24) is 0 Å². The molecule has 2 rings (SSSR count). The lowest BCUT2D eigenvalue weighted by Crippen LogP contribution is -2.25. The standard InChI is InChI=1S/C15H12BrCl2FO/c1-15(20,8-9-4-2-3-5-11(9)16)10-6-14(19)13(18)7-12(10)17/h2-7,20H,8H2,1H3. The van der Waals surface area contributed by atoms with E-state index in [1.165, 1.54) is 12.1 Å². The highest BCUT2D eigenvalue weighted by atomic mass is 79.9. The first-order valence-corrected chi connectivity index (χ1v) is 7.47. The molecule has 2 aromatic carbocycles. The summed E-state index contributed by atoms with van der Waals surface area (Å²) < 4.78 is 14.5. The summed E-state index contributed by atoms with van der Waals surface area (Å²) in [5.74, 6) is -0.599. The minimum Gasteiger partial charge on any atom is -0.385 e. The summed E-state index contributed by atoms with van der Waals surface area (Å²) in [5, 5.41) is 10.8. The number of hydrogen-bond donors (Lipinski definition) is 1. The number of halogens is 4. The number of rotatable bonds is 3. The van der Waals surface area contributed by atoms with Crippen LogP contribution in [-0.2, 0) is 12.0 Å². The molecule has 0 heterocycles. The molecule has 106 valence electrons. The first-order valence-electron chi connectivity index (χ1n) is 5.92. The van der Waals surface area contributed by atoms with Crippen LogP contribution < -0.4 is 0 Å². The second kappa shape index (κ2) is 6.02. The molecular formula is C15H12BrCl2FO. The van der Waals surface area contributed by atoms with Gasteiger partial charge in [0.15, 0.2) is 0 Å². The summed E-state index contributed by atoms with van der Waals surface area (Å²) in [5.41, 5.74) is -0.0763. The van der Waals surface area contributed by atoms with Gasteiger partial charge in [-0.05, 0) is 30.7 Å². The Hall–Kier alpha value is -0.610. The highest BCUT2D eigenvalue weighted by Crippen LogP contribution is 2.35. The third-order valence-electron chi connectivity index (χ3n) is 3.08. The second-order valence-corrected chi connectivity index (χ2v) is 6.46. The van der Waals surface area contributed by atoms with Gasteiger partial charge in [0.25, 0.3) is 0 Å². The largest absolute Gasteiger partial charge is 0.385 e. The normalized spacial score (nSPS) is 14.1. The fourth-order valence-corrected chi connectivity index (χ4v) is 3.05. The zero-order valence-electron chi connectivity index (χ0n) is 10.6. The van der Waals surface area contributed by atoms with Gasteiger partial charge in [-0.2, -0.15) is 0 Å². The molecule has 0 fully saturated rings. The Morgan fingerprint density at radius 2 is 1.85 bits per heavy atom. The molecule has 2 aromatic rings. The Bertz CT molecular complexity index is 644. The van der Waals surface area contributed by atoms with Crippen molar-refractivity contribution in [2.45, 2.75) is 18.9 Å². The van der Waals surface area contributed by atoms with Crippen molar-refractivity contribution >= 4 is 39.1 Å². The van der Waals surface area contributed by atoms with Gasteiger partial charge in [-0.15, -0.1) is 0 Å². The average molecular weight is 378 g/mol. The molecule has 1 unspecified atom stereocenters. The van der Waals surface area contributed by atoms with Crippen molar-refractivity contribution in [3.8, 4) is 0 Å². The van der Waals surface area contributed by atoms with Gasteiger partial charge < -0.3 is 5.11 Å². The van der Waals surface area contributed by atoms with Gasteiger partial charge >= 0.3 is 0 Å². The van der Waals surface area contributed by atoms with E-state index in [0.29, 0.717) is 12.0 Å². The number of aliphatic hydroxyl groups is 1. The smallest absolute Gasteiger partial charge is 0.142 e. The third kappa shape index (κ3) is 3.34. The van der Waals surface area contributed by atoms with Gasteiger partial charge in [-0.25, -0.2) is 4.39 Å². The van der Waals surface area contributed by atoms with E-state index >= 15 is 0 Å². The van der Waals surface area contributed by atoms with E-state index in [9.17, 15) is 9.50 Å². The van der Waals surface area contributed by atoms with E-state index < -0.39 is 11.4 Å². The molecule has 0 saturated heterocycles. The van der Waals surface area contributed by atoms with Crippen molar-refractivity contribution in [1.29, 1.82) is 0 Å². The van der Waals surface area contributed by atoms with E-state index in [4.69, 9.17) is 23.2 Å². The van der Waals surface area contributed by atoms with E-state index in [2.05, 4.69) is 15.9 Å². The molecule has 1 N–H and O–H groups in total. The molecule has 0 aromatic heterocycles. The number of hydrogen-bond acceptors (Lipinski definition) is 1.